The molecule has 0 spiro atoms. The molecule has 0 unspecified atom stereocenters. The van der Waals surface area contributed by atoms with Crippen molar-refractivity contribution in [3.05, 3.63) is 52.7 Å². The van der Waals surface area contributed by atoms with Crippen LogP contribution < -0.4 is 10.5 Å². The lowest BCUT2D eigenvalue weighted by molar-refractivity contribution is 0.352. The molecule has 0 amide bonds. The highest BCUT2D eigenvalue weighted by Crippen LogP contribution is 2.33. The van der Waals surface area contributed by atoms with Crippen LogP contribution in [0.1, 0.15) is 11.1 Å². The van der Waals surface area contributed by atoms with E-state index in [1.807, 2.05) is 41.2 Å². The number of hydrogen-bond acceptors (Lipinski definition) is 3. The fourth-order valence-corrected chi connectivity index (χ4v) is 3.10. The van der Waals surface area contributed by atoms with Gasteiger partial charge in [-0.1, -0.05) is 11.6 Å². The lowest BCUT2D eigenvalue weighted by Gasteiger charge is -2.10. The maximum Gasteiger partial charge on any atom is 0.127 e. The smallest absolute Gasteiger partial charge is 0.127 e. The van der Waals surface area contributed by atoms with Crippen LogP contribution in [0.5, 0.6) is 5.75 Å². The number of benzene rings is 2. The number of anilines is 1. The van der Waals surface area contributed by atoms with Gasteiger partial charge in [-0.05, 0) is 35.9 Å². The molecule has 2 N–H and O–H groups in total. The molecule has 21 heavy (non-hydrogen) atoms. The van der Waals surface area contributed by atoms with Crippen LogP contribution in [0.25, 0.3) is 10.9 Å². The molecule has 0 fully saturated rings. The van der Waals surface area contributed by atoms with E-state index in [0.29, 0.717) is 6.54 Å². The number of rotatable bonds is 2. The van der Waals surface area contributed by atoms with Crippen LogP contribution in [-0.2, 0) is 13.0 Å². The van der Waals surface area contributed by atoms with Gasteiger partial charge in [0.1, 0.15) is 5.75 Å². The van der Waals surface area contributed by atoms with Crippen LogP contribution in [0.3, 0.4) is 0 Å². The number of nitrogens with zero attached hydrogens (tertiary/aromatic N) is 2. The average Bonchev–Trinajstić information content (AvgIpc) is 3.06. The lowest BCUT2D eigenvalue weighted by Crippen LogP contribution is -2.03. The Labute approximate surface area is 127 Å². The standard InChI is InChI=1S/C16H14ClN3O/c17-13-5-10-3-4-21-16(10)12(6-13)9-20-15-7-14(18)2-1-11(15)8-19-20/h1-2,5-8H,3-4,9,18H2. The number of nitrogens with two attached hydrogens (primary N) is 1. The van der Waals surface area contributed by atoms with E-state index in [-0.39, 0.29) is 0 Å². The fourth-order valence-electron chi connectivity index (χ4n) is 2.84. The molecule has 4 rings (SSSR count). The SMILES string of the molecule is Nc1ccc2cnn(Cc3cc(Cl)cc4c3OCC4)c2c1. The average molecular weight is 300 g/mol. The minimum Gasteiger partial charge on any atom is -0.493 e. The highest BCUT2D eigenvalue weighted by Gasteiger charge is 2.18. The van der Waals surface area contributed by atoms with Crippen LogP contribution in [0.4, 0.5) is 5.69 Å². The number of fused-ring (bicyclic) bond motifs is 2. The number of hydrogen-bond donors (Lipinski definition) is 1. The molecule has 2 aromatic carbocycles. The maximum atomic E-state index is 6.21. The Morgan fingerprint density at radius 1 is 1.29 bits per heavy atom. The predicted octanol–water partition coefficient (Wildman–Crippen LogP) is 3.26. The summed E-state index contributed by atoms with van der Waals surface area (Å²) in [6.45, 7) is 1.34. The van der Waals surface area contributed by atoms with Gasteiger partial charge in [-0.3, -0.25) is 4.68 Å². The van der Waals surface area contributed by atoms with Gasteiger partial charge in [0.25, 0.3) is 0 Å². The van der Waals surface area contributed by atoms with Crippen molar-refractivity contribution in [2.75, 3.05) is 12.3 Å². The summed E-state index contributed by atoms with van der Waals surface area (Å²) in [7, 11) is 0. The molecule has 106 valence electrons. The molecule has 0 atom stereocenters. The first kappa shape index (κ1) is 12.5. The Morgan fingerprint density at radius 3 is 3.10 bits per heavy atom. The zero-order valence-electron chi connectivity index (χ0n) is 11.3. The normalized spacial score (nSPS) is 13.4. The lowest BCUT2D eigenvalue weighted by atomic mass is 10.1. The highest BCUT2D eigenvalue weighted by atomic mass is 35.5. The van der Waals surface area contributed by atoms with Crippen molar-refractivity contribution in [3.63, 3.8) is 0 Å². The van der Waals surface area contributed by atoms with Crippen molar-refractivity contribution < 1.29 is 4.74 Å². The molecule has 0 saturated carbocycles. The monoisotopic (exact) mass is 299 g/mol. The van der Waals surface area contributed by atoms with Gasteiger partial charge in [0, 0.05) is 28.1 Å². The van der Waals surface area contributed by atoms with Crippen LogP contribution in [0.2, 0.25) is 5.02 Å². The Morgan fingerprint density at radius 2 is 2.19 bits per heavy atom. The summed E-state index contributed by atoms with van der Waals surface area (Å²) in [6, 6.07) is 9.73. The van der Waals surface area contributed by atoms with Crippen molar-refractivity contribution in [2.45, 2.75) is 13.0 Å². The molecule has 5 heteroatoms. The van der Waals surface area contributed by atoms with Gasteiger partial charge in [-0.25, -0.2) is 0 Å². The summed E-state index contributed by atoms with van der Waals surface area (Å²) >= 11 is 6.21. The molecule has 0 aliphatic carbocycles. The van der Waals surface area contributed by atoms with E-state index >= 15 is 0 Å². The third-order valence-electron chi connectivity index (χ3n) is 3.81. The second-order valence-electron chi connectivity index (χ2n) is 5.27. The third-order valence-corrected chi connectivity index (χ3v) is 4.03. The zero-order valence-corrected chi connectivity index (χ0v) is 12.1. The summed E-state index contributed by atoms with van der Waals surface area (Å²) in [5.74, 6) is 0.951. The molecular formula is C16H14ClN3O. The van der Waals surface area contributed by atoms with Crippen LogP contribution in [0.15, 0.2) is 36.5 Å². The van der Waals surface area contributed by atoms with Gasteiger partial charge in [0.2, 0.25) is 0 Å². The molecule has 0 bridgehead atoms. The Balaban J connectivity index is 1.80. The van der Waals surface area contributed by atoms with Crippen LogP contribution >= 0.6 is 11.6 Å². The van der Waals surface area contributed by atoms with Gasteiger partial charge < -0.3 is 10.5 Å². The molecule has 1 aliphatic rings. The number of aromatic nitrogens is 2. The van der Waals surface area contributed by atoms with Crippen molar-refractivity contribution in [2.24, 2.45) is 0 Å². The van der Waals surface area contributed by atoms with Gasteiger partial charge >= 0.3 is 0 Å². The molecule has 1 aliphatic heterocycles. The van der Waals surface area contributed by atoms with E-state index in [1.165, 1.54) is 5.56 Å². The van der Waals surface area contributed by atoms with Gasteiger partial charge in [-0.2, -0.15) is 5.10 Å². The van der Waals surface area contributed by atoms with E-state index in [9.17, 15) is 0 Å². The van der Waals surface area contributed by atoms with E-state index in [0.717, 1.165) is 46.0 Å². The van der Waals surface area contributed by atoms with Crippen LogP contribution in [0, 0.1) is 0 Å². The first-order valence-corrected chi connectivity index (χ1v) is 7.23. The summed E-state index contributed by atoms with van der Waals surface area (Å²) in [5.41, 5.74) is 9.85. The zero-order chi connectivity index (χ0) is 14.4. The van der Waals surface area contributed by atoms with E-state index in [4.69, 9.17) is 22.1 Å². The fraction of sp³-hybridized carbons (Fsp3) is 0.188. The second kappa shape index (κ2) is 4.67. The molecule has 3 aromatic rings. The number of ether oxygens (including phenoxy) is 1. The maximum absolute atomic E-state index is 6.21. The van der Waals surface area contributed by atoms with Crippen LogP contribution in [-0.4, -0.2) is 16.4 Å². The summed E-state index contributed by atoms with van der Waals surface area (Å²) in [4.78, 5) is 0. The summed E-state index contributed by atoms with van der Waals surface area (Å²) in [5, 5.41) is 6.26. The largest absolute Gasteiger partial charge is 0.493 e. The third kappa shape index (κ3) is 2.12. The topological polar surface area (TPSA) is 53.1 Å². The van der Waals surface area contributed by atoms with E-state index in [1.54, 1.807) is 0 Å². The summed E-state index contributed by atoms with van der Waals surface area (Å²) < 4.78 is 7.67. The molecular weight excluding hydrogens is 286 g/mol. The van der Waals surface area contributed by atoms with Gasteiger partial charge in [0.05, 0.1) is 24.9 Å². The van der Waals surface area contributed by atoms with Crippen molar-refractivity contribution in [1.82, 2.24) is 9.78 Å². The minimum absolute atomic E-state index is 0.621. The molecule has 0 saturated heterocycles. The van der Waals surface area contributed by atoms with Gasteiger partial charge in [-0.15, -0.1) is 0 Å². The first-order chi connectivity index (χ1) is 10.2. The molecule has 4 nitrogen and oxygen atoms in total. The van der Waals surface area contributed by atoms with E-state index in [2.05, 4.69) is 5.10 Å². The van der Waals surface area contributed by atoms with E-state index < -0.39 is 0 Å². The highest BCUT2D eigenvalue weighted by molar-refractivity contribution is 6.30. The van der Waals surface area contributed by atoms with Crippen molar-refractivity contribution >= 4 is 28.2 Å². The van der Waals surface area contributed by atoms with Gasteiger partial charge in [0.15, 0.2) is 0 Å². The quantitative estimate of drug-likeness (QED) is 0.739. The number of nitrogen functional groups attached to an aromatic ring is 1. The molecule has 1 aromatic heterocycles. The first-order valence-electron chi connectivity index (χ1n) is 6.86. The summed E-state index contributed by atoms with van der Waals surface area (Å²) in [6.07, 6.45) is 2.76. The minimum atomic E-state index is 0.621. The Hall–Kier alpha value is -2.20. The predicted molar refractivity (Wildman–Crippen MR) is 83.9 cm³/mol. The molecule has 0 radical (unpaired) electrons. The van der Waals surface area contributed by atoms with Crippen molar-refractivity contribution in [1.29, 1.82) is 0 Å². The second-order valence-corrected chi connectivity index (χ2v) is 5.71. The Kier molecular flexibility index (Phi) is 2.79. The van der Waals surface area contributed by atoms with Crippen molar-refractivity contribution in [3.8, 4) is 5.75 Å². The Bertz CT molecular complexity index is 841. The molecule has 2 heterocycles. The number of halogens is 1.